The van der Waals surface area contributed by atoms with Crippen LogP contribution < -0.4 is 9.47 Å². The van der Waals surface area contributed by atoms with Crippen LogP contribution in [0.5, 0.6) is 23.0 Å². The summed E-state index contributed by atoms with van der Waals surface area (Å²) in [4.78, 5) is 15.2. The highest BCUT2D eigenvalue weighted by Gasteiger charge is 2.25. The van der Waals surface area contributed by atoms with Gasteiger partial charge in [-0.3, -0.25) is 9.69 Å². The molecule has 1 saturated heterocycles. The van der Waals surface area contributed by atoms with Crippen molar-refractivity contribution in [3.8, 4) is 23.0 Å². The minimum absolute atomic E-state index is 0.0149. The molecule has 0 aliphatic carbocycles. The van der Waals surface area contributed by atoms with Crippen molar-refractivity contribution in [2.75, 3.05) is 27.3 Å². The lowest BCUT2D eigenvalue weighted by molar-refractivity contribution is 0.0989. The molecule has 0 amide bonds. The van der Waals surface area contributed by atoms with Gasteiger partial charge in [0.25, 0.3) is 0 Å². The third kappa shape index (κ3) is 4.87. The van der Waals surface area contributed by atoms with Gasteiger partial charge in [0.15, 0.2) is 17.3 Å². The third-order valence-corrected chi connectivity index (χ3v) is 5.70. The monoisotopic (exact) mass is 413 g/mol. The molecule has 1 aliphatic heterocycles. The normalized spacial score (nSPS) is 19.5. The van der Waals surface area contributed by atoms with Gasteiger partial charge in [0.05, 0.1) is 25.3 Å². The molecule has 0 bridgehead atoms. The molecule has 2 aromatic rings. The summed E-state index contributed by atoms with van der Waals surface area (Å²) in [6.07, 6.45) is 1.29. The molecule has 0 aromatic heterocycles. The van der Waals surface area contributed by atoms with Crippen LogP contribution in [0.2, 0.25) is 0 Å². The first-order valence-corrected chi connectivity index (χ1v) is 10.3. The largest absolute Gasteiger partial charge is 0.507 e. The quantitative estimate of drug-likeness (QED) is 0.668. The number of piperidine rings is 1. The molecule has 2 aromatic carbocycles. The van der Waals surface area contributed by atoms with Gasteiger partial charge >= 0.3 is 0 Å². The first-order chi connectivity index (χ1) is 14.3. The molecule has 162 valence electrons. The number of ketones is 1. The van der Waals surface area contributed by atoms with Crippen molar-refractivity contribution in [2.45, 2.75) is 33.2 Å². The van der Waals surface area contributed by atoms with Crippen LogP contribution in [0.15, 0.2) is 30.3 Å². The Morgan fingerprint density at radius 1 is 1.03 bits per heavy atom. The number of methoxy groups -OCH3 is 2. The number of Topliss-reactive ketones (excluding diaryl/α,β-unsaturated/α-hetero) is 1. The number of likely N-dealkylation sites (tertiary alicyclic amines) is 1. The maximum absolute atomic E-state index is 12.9. The van der Waals surface area contributed by atoms with Crippen molar-refractivity contribution >= 4 is 5.78 Å². The summed E-state index contributed by atoms with van der Waals surface area (Å²) in [5.41, 5.74) is 1.38. The molecular formula is C24H31NO5. The van der Waals surface area contributed by atoms with Crippen LogP contribution in [0.25, 0.3) is 0 Å². The highest BCUT2D eigenvalue weighted by Crippen LogP contribution is 2.35. The lowest BCUT2D eigenvalue weighted by atomic mass is 9.91. The molecule has 1 aliphatic rings. The Bertz CT molecular complexity index is 901. The molecule has 0 saturated carbocycles. The van der Waals surface area contributed by atoms with Crippen molar-refractivity contribution in [1.82, 2.24) is 4.90 Å². The number of carbonyl (C=O) groups excluding carboxylic acids is 1. The second-order valence-corrected chi connectivity index (χ2v) is 8.39. The molecule has 0 unspecified atom stereocenters. The van der Waals surface area contributed by atoms with Gasteiger partial charge in [-0.1, -0.05) is 19.9 Å². The van der Waals surface area contributed by atoms with Crippen molar-refractivity contribution in [3.63, 3.8) is 0 Å². The van der Waals surface area contributed by atoms with Gasteiger partial charge in [-0.2, -0.15) is 0 Å². The lowest BCUT2D eigenvalue weighted by Gasteiger charge is -2.35. The summed E-state index contributed by atoms with van der Waals surface area (Å²) in [5, 5.41) is 21.2. The van der Waals surface area contributed by atoms with E-state index in [0.717, 1.165) is 18.7 Å². The fraction of sp³-hybridized carbons (Fsp3) is 0.458. The molecule has 1 heterocycles. The van der Waals surface area contributed by atoms with E-state index in [2.05, 4.69) is 18.7 Å². The molecular weight excluding hydrogens is 382 g/mol. The highest BCUT2D eigenvalue weighted by molar-refractivity contribution is 6.00. The minimum atomic E-state index is -0.221. The van der Waals surface area contributed by atoms with E-state index in [1.54, 1.807) is 32.4 Å². The maximum Gasteiger partial charge on any atom is 0.170 e. The van der Waals surface area contributed by atoms with E-state index in [4.69, 9.17) is 9.47 Å². The molecule has 6 nitrogen and oxygen atoms in total. The molecule has 2 N–H and O–H groups in total. The first-order valence-electron chi connectivity index (χ1n) is 10.3. The second-order valence-electron chi connectivity index (χ2n) is 8.39. The molecule has 0 radical (unpaired) electrons. The number of carbonyl (C=O) groups is 1. The summed E-state index contributed by atoms with van der Waals surface area (Å²) >= 11 is 0. The Labute approximate surface area is 178 Å². The van der Waals surface area contributed by atoms with Gasteiger partial charge in [-0.05, 0) is 48.1 Å². The van der Waals surface area contributed by atoms with E-state index in [0.29, 0.717) is 35.4 Å². The van der Waals surface area contributed by atoms with Crippen LogP contribution in [0.1, 0.15) is 41.8 Å². The molecule has 1 fully saturated rings. The topological polar surface area (TPSA) is 79.2 Å². The average molecular weight is 414 g/mol. The molecule has 6 heteroatoms. The Morgan fingerprint density at radius 3 is 2.33 bits per heavy atom. The number of aromatic hydroxyl groups is 2. The zero-order chi connectivity index (χ0) is 21.8. The third-order valence-electron chi connectivity index (χ3n) is 5.70. The van der Waals surface area contributed by atoms with E-state index in [1.165, 1.54) is 18.6 Å². The van der Waals surface area contributed by atoms with Gasteiger partial charge in [0.2, 0.25) is 0 Å². The Kier molecular flexibility index (Phi) is 6.87. The van der Waals surface area contributed by atoms with Gasteiger partial charge in [0.1, 0.15) is 11.5 Å². The van der Waals surface area contributed by atoms with E-state index in [1.807, 2.05) is 0 Å². The van der Waals surface area contributed by atoms with Crippen LogP contribution in [0.3, 0.4) is 0 Å². The van der Waals surface area contributed by atoms with E-state index >= 15 is 0 Å². The zero-order valence-electron chi connectivity index (χ0n) is 18.1. The van der Waals surface area contributed by atoms with Crippen molar-refractivity contribution in [3.05, 3.63) is 47.0 Å². The standard InChI is InChI=1S/C24H31NO5/c1-15-9-16(2)13-25(12-15)14-19-20(26)7-6-18(24(19)28)21(27)10-17-5-8-22(29-3)23(11-17)30-4/h5-8,11,15-16,26,28H,9-10,12-14H2,1-4H3/t15-,16-/m1/s1. The Balaban J connectivity index is 1.81. The van der Waals surface area contributed by atoms with Crippen LogP contribution in [-0.2, 0) is 13.0 Å². The summed E-state index contributed by atoms with van der Waals surface area (Å²) in [7, 11) is 3.10. The minimum Gasteiger partial charge on any atom is -0.507 e. The number of phenols is 2. The fourth-order valence-electron chi connectivity index (χ4n) is 4.42. The zero-order valence-corrected chi connectivity index (χ0v) is 18.1. The van der Waals surface area contributed by atoms with Gasteiger partial charge in [0, 0.05) is 26.1 Å². The molecule has 0 spiro atoms. The second kappa shape index (κ2) is 9.39. The van der Waals surface area contributed by atoms with Crippen LogP contribution in [-0.4, -0.2) is 48.2 Å². The highest BCUT2D eigenvalue weighted by atomic mass is 16.5. The van der Waals surface area contributed by atoms with Crippen LogP contribution in [0, 0.1) is 11.8 Å². The van der Waals surface area contributed by atoms with Gasteiger partial charge in [-0.25, -0.2) is 0 Å². The fourth-order valence-corrected chi connectivity index (χ4v) is 4.42. The number of phenolic OH excluding ortho intramolecular Hbond substituents is 2. The Morgan fingerprint density at radius 2 is 1.70 bits per heavy atom. The molecule has 2 atom stereocenters. The number of hydrogen-bond acceptors (Lipinski definition) is 6. The first kappa shape index (κ1) is 22.0. The van der Waals surface area contributed by atoms with Crippen LogP contribution in [0.4, 0.5) is 0 Å². The van der Waals surface area contributed by atoms with Gasteiger partial charge < -0.3 is 19.7 Å². The number of ether oxygens (including phenoxy) is 2. The van der Waals surface area contributed by atoms with Crippen LogP contribution >= 0.6 is 0 Å². The summed E-state index contributed by atoms with van der Waals surface area (Å²) in [5.74, 6) is 1.93. The molecule has 30 heavy (non-hydrogen) atoms. The van der Waals surface area contributed by atoms with Gasteiger partial charge in [-0.15, -0.1) is 0 Å². The molecule has 3 rings (SSSR count). The predicted molar refractivity (Wildman–Crippen MR) is 116 cm³/mol. The van der Waals surface area contributed by atoms with E-state index in [-0.39, 0.29) is 29.3 Å². The van der Waals surface area contributed by atoms with Crippen molar-refractivity contribution in [1.29, 1.82) is 0 Å². The number of rotatable bonds is 7. The Hall–Kier alpha value is -2.73. The van der Waals surface area contributed by atoms with E-state index in [9.17, 15) is 15.0 Å². The number of hydrogen-bond donors (Lipinski definition) is 2. The maximum atomic E-state index is 12.9. The lowest BCUT2D eigenvalue weighted by Crippen LogP contribution is -2.38. The SMILES string of the molecule is COc1ccc(CC(=O)c2ccc(O)c(CN3C[C@H](C)C[C@@H](C)C3)c2O)cc1OC. The summed E-state index contributed by atoms with van der Waals surface area (Å²) in [6, 6.07) is 8.29. The summed E-state index contributed by atoms with van der Waals surface area (Å²) in [6.45, 7) is 6.67. The smallest absolute Gasteiger partial charge is 0.170 e. The predicted octanol–water partition coefficient (Wildman–Crippen LogP) is 4.02. The average Bonchev–Trinajstić information content (AvgIpc) is 2.70. The number of nitrogens with zero attached hydrogens (tertiary/aromatic N) is 1. The van der Waals surface area contributed by atoms with Crippen molar-refractivity contribution < 1.29 is 24.5 Å². The summed E-state index contributed by atoms with van der Waals surface area (Å²) < 4.78 is 10.5. The van der Waals surface area contributed by atoms with E-state index < -0.39 is 0 Å². The number of benzene rings is 2. The van der Waals surface area contributed by atoms with Crippen molar-refractivity contribution in [2.24, 2.45) is 11.8 Å².